The second kappa shape index (κ2) is 8.44. The van der Waals surface area contributed by atoms with E-state index in [0.29, 0.717) is 11.6 Å². The van der Waals surface area contributed by atoms with E-state index in [1.807, 2.05) is 12.1 Å². The van der Waals surface area contributed by atoms with Gasteiger partial charge in [-0.2, -0.15) is 0 Å². The third kappa shape index (κ3) is 5.42. The number of anilines is 1. The summed E-state index contributed by atoms with van der Waals surface area (Å²) in [7, 11) is 0. The van der Waals surface area contributed by atoms with Crippen LogP contribution in [0.15, 0.2) is 24.3 Å². The Morgan fingerprint density at radius 1 is 1.00 bits per heavy atom. The zero-order chi connectivity index (χ0) is 12.8. The van der Waals surface area contributed by atoms with Crippen molar-refractivity contribution in [3.63, 3.8) is 0 Å². The van der Waals surface area contributed by atoms with E-state index >= 15 is 0 Å². The van der Waals surface area contributed by atoms with Gasteiger partial charge in [0.15, 0.2) is 0 Å². The van der Waals surface area contributed by atoms with Crippen molar-refractivity contribution in [2.75, 3.05) is 5.32 Å². The Labute approximate surface area is 126 Å². The van der Waals surface area contributed by atoms with Gasteiger partial charge in [0.05, 0.1) is 0 Å². The molecule has 2 nitrogen and oxygen atoms in total. The van der Waals surface area contributed by atoms with Crippen molar-refractivity contribution in [3.05, 3.63) is 29.8 Å². The van der Waals surface area contributed by atoms with Crippen molar-refractivity contribution in [3.8, 4) is 0 Å². The molecule has 2 rings (SSSR count). The fraction of sp³-hybridized carbons (Fsp3) is 0.533. The van der Waals surface area contributed by atoms with E-state index < -0.39 is 5.24 Å². The maximum absolute atomic E-state index is 11.0. The van der Waals surface area contributed by atoms with Crippen LogP contribution in [0.2, 0.25) is 0 Å². The van der Waals surface area contributed by atoms with Crippen LogP contribution in [0, 0.1) is 0 Å². The Bertz CT molecular complexity index is 384. The van der Waals surface area contributed by atoms with Crippen LogP contribution in [0.4, 0.5) is 5.69 Å². The highest BCUT2D eigenvalue weighted by Crippen LogP contribution is 2.21. The highest BCUT2D eigenvalue weighted by atomic mass is 35.5. The third-order valence-corrected chi connectivity index (χ3v) is 3.81. The zero-order valence-corrected chi connectivity index (χ0v) is 12.6. The fourth-order valence-corrected chi connectivity index (χ4v) is 2.66. The van der Waals surface area contributed by atoms with Crippen molar-refractivity contribution in [2.24, 2.45) is 0 Å². The molecule has 1 aromatic rings. The molecule has 1 fully saturated rings. The van der Waals surface area contributed by atoms with Gasteiger partial charge in [-0.05, 0) is 48.7 Å². The maximum atomic E-state index is 11.0. The molecule has 0 spiro atoms. The summed E-state index contributed by atoms with van der Waals surface area (Å²) in [6.07, 6.45) is 9.23. The molecule has 0 aromatic heterocycles. The number of hydrogen-bond donors (Lipinski definition) is 1. The molecule has 1 N–H and O–H groups in total. The minimum absolute atomic E-state index is 0. The molecule has 0 aliphatic heterocycles. The average Bonchev–Trinajstić information content (AvgIpc) is 2.33. The molecule has 1 aliphatic rings. The van der Waals surface area contributed by atoms with E-state index in [9.17, 15) is 4.79 Å². The number of benzene rings is 1. The molecule has 1 aliphatic carbocycles. The van der Waals surface area contributed by atoms with Gasteiger partial charge in [0.2, 0.25) is 0 Å². The first kappa shape index (κ1) is 16.3. The first-order chi connectivity index (χ1) is 8.75. The molecule has 0 radical (unpaired) electrons. The SMILES string of the molecule is Cl.O=C(Cl)c1ccc(NC2CCCCCCC2)cc1. The zero-order valence-electron chi connectivity index (χ0n) is 11.0. The van der Waals surface area contributed by atoms with E-state index in [2.05, 4.69) is 5.32 Å². The van der Waals surface area contributed by atoms with Crippen molar-refractivity contribution >= 4 is 34.9 Å². The normalized spacial score (nSPS) is 16.9. The van der Waals surface area contributed by atoms with Gasteiger partial charge in [0.25, 0.3) is 5.24 Å². The Kier molecular flexibility index (Phi) is 7.25. The molecular weight excluding hydrogens is 281 g/mol. The molecule has 0 amide bonds. The minimum atomic E-state index is -0.396. The van der Waals surface area contributed by atoms with Gasteiger partial charge in [-0.3, -0.25) is 4.79 Å². The highest BCUT2D eigenvalue weighted by Gasteiger charge is 2.11. The van der Waals surface area contributed by atoms with Gasteiger partial charge in [0, 0.05) is 17.3 Å². The van der Waals surface area contributed by atoms with E-state index in [4.69, 9.17) is 11.6 Å². The Morgan fingerprint density at radius 3 is 2.05 bits per heavy atom. The number of carbonyl (C=O) groups is 1. The standard InChI is InChI=1S/C15H20ClNO.ClH/c16-15(18)12-8-10-14(11-9-12)17-13-6-4-2-1-3-5-7-13;/h8-11,13,17H,1-7H2;1H. The summed E-state index contributed by atoms with van der Waals surface area (Å²) in [6.45, 7) is 0. The molecule has 0 bridgehead atoms. The van der Waals surface area contributed by atoms with Gasteiger partial charge in [-0.1, -0.05) is 32.1 Å². The number of nitrogens with one attached hydrogen (secondary N) is 1. The van der Waals surface area contributed by atoms with Crippen molar-refractivity contribution in [1.29, 1.82) is 0 Å². The predicted octanol–water partition coefficient (Wildman–Crippen LogP) is 5.01. The molecule has 1 aromatic carbocycles. The Hall–Kier alpha value is -0.730. The summed E-state index contributed by atoms with van der Waals surface area (Å²) in [5, 5.41) is 3.16. The van der Waals surface area contributed by atoms with Crippen molar-refractivity contribution in [2.45, 2.75) is 51.0 Å². The van der Waals surface area contributed by atoms with E-state index in [1.54, 1.807) is 12.1 Å². The first-order valence-electron chi connectivity index (χ1n) is 6.82. The Morgan fingerprint density at radius 2 is 1.53 bits per heavy atom. The molecule has 106 valence electrons. The third-order valence-electron chi connectivity index (χ3n) is 3.59. The highest BCUT2D eigenvalue weighted by molar-refractivity contribution is 6.67. The summed E-state index contributed by atoms with van der Waals surface area (Å²) in [5.74, 6) is 0. The van der Waals surface area contributed by atoms with Crippen LogP contribution in [0.1, 0.15) is 55.3 Å². The van der Waals surface area contributed by atoms with E-state index in [0.717, 1.165) is 5.69 Å². The summed E-state index contributed by atoms with van der Waals surface area (Å²) in [6, 6.07) is 8.01. The van der Waals surface area contributed by atoms with Crippen LogP contribution in [0.5, 0.6) is 0 Å². The summed E-state index contributed by atoms with van der Waals surface area (Å²) < 4.78 is 0. The molecular formula is C15H21Cl2NO. The number of rotatable bonds is 3. The largest absolute Gasteiger partial charge is 0.382 e. The molecule has 19 heavy (non-hydrogen) atoms. The van der Waals surface area contributed by atoms with Crippen LogP contribution >= 0.6 is 24.0 Å². The maximum Gasteiger partial charge on any atom is 0.252 e. The predicted molar refractivity (Wildman–Crippen MR) is 83.6 cm³/mol. The summed E-state index contributed by atoms with van der Waals surface area (Å²) >= 11 is 5.43. The lowest BCUT2D eigenvalue weighted by atomic mass is 9.96. The second-order valence-corrected chi connectivity index (χ2v) is 5.38. The van der Waals surface area contributed by atoms with Gasteiger partial charge in [0.1, 0.15) is 0 Å². The van der Waals surface area contributed by atoms with Crippen molar-refractivity contribution < 1.29 is 4.79 Å². The Balaban J connectivity index is 0.00000180. The quantitative estimate of drug-likeness (QED) is 0.795. The fourth-order valence-electron chi connectivity index (χ4n) is 2.53. The minimum Gasteiger partial charge on any atom is -0.382 e. The van der Waals surface area contributed by atoms with Gasteiger partial charge in [-0.25, -0.2) is 0 Å². The smallest absolute Gasteiger partial charge is 0.252 e. The summed E-state index contributed by atoms with van der Waals surface area (Å²) in [4.78, 5) is 11.0. The van der Waals surface area contributed by atoms with E-state index in [1.165, 1.54) is 44.9 Å². The lowest BCUT2D eigenvalue weighted by Gasteiger charge is -2.22. The number of hydrogen-bond acceptors (Lipinski definition) is 2. The van der Waals surface area contributed by atoms with E-state index in [-0.39, 0.29) is 12.4 Å². The number of carbonyl (C=O) groups excluding carboxylic acids is 1. The molecule has 0 unspecified atom stereocenters. The summed E-state index contributed by atoms with van der Waals surface area (Å²) in [5.41, 5.74) is 1.64. The van der Waals surface area contributed by atoms with Crippen LogP contribution in [0.25, 0.3) is 0 Å². The van der Waals surface area contributed by atoms with Gasteiger partial charge >= 0.3 is 0 Å². The monoisotopic (exact) mass is 301 g/mol. The van der Waals surface area contributed by atoms with Crippen LogP contribution in [0.3, 0.4) is 0 Å². The molecule has 0 heterocycles. The first-order valence-corrected chi connectivity index (χ1v) is 7.20. The molecule has 1 saturated carbocycles. The van der Waals surface area contributed by atoms with Gasteiger partial charge in [-0.15, -0.1) is 12.4 Å². The lowest BCUT2D eigenvalue weighted by molar-refractivity contribution is 0.108. The number of halogens is 2. The van der Waals surface area contributed by atoms with Crippen LogP contribution < -0.4 is 5.32 Å². The van der Waals surface area contributed by atoms with Gasteiger partial charge < -0.3 is 5.32 Å². The lowest BCUT2D eigenvalue weighted by Crippen LogP contribution is -2.20. The average molecular weight is 302 g/mol. The van der Waals surface area contributed by atoms with Crippen molar-refractivity contribution in [1.82, 2.24) is 0 Å². The topological polar surface area (TPSA) is 29.1 Å². The molecule has 0 atom stereocenters. The molecule has 0 saturated heterocycles. The second-order valence-electron chi connectivity index (χ2n) is 5.04. The van der Waals surface area contributed by atoms with Crippen LogP contribution in [-0.4, -0.2) is 11.3 Å². The molecule has 4 heteroatoms. The van der Waals surface area contributed by atoms with Crippen LogP contribution in [-0.2, 0) is 0 Å².